The fourth-order valence-electron chi connectivity index (χ4n) is 2.10. The summed E-state index contributed by atoms with van der Waals surface area (Å²) in [5.74, 6) is 1.37. The number of nitrogens with zero attached hydrogens (tertiary/aromatic N) is 3. The van der Waals surface area contributed by atoms with Crippen LogP contribution in [0.5, 0.6) is 0 Å². The lowest BCUT2D eigenvalue weighted by atomic mass is 10.2. The minimum absolute atomic E-state index is 0.544. The Labute approximate surface area is 128 Å². The predicted octanol–water partition coefficient (Wildman–Crippen LogP) is 3.45. The van der Waals surface area contributed by atoms with Crippen molar-refractivity contribution in [3.63, 3.8) is 0 Å². The molecule has 0 saturated heterocycles. The summed E-state index contributed by atoms with van der Waals surface area (Å²) in [6, 6.07) is 1.96. The van der Waals surface area contributed by atoms with Crippen molar-refractivity contribution in [2.24, 2.45) is 5.92 Å². The molecule has 2 rings (SSSR count). The third-order valence-corrected chi connectivity index (χ3v) is 4.02. The number of hydrogen-bond donors (Lipinski definition) is 0. The first-order valence-electron chi connectivity index (χ1n) is 6.71. The van der Waals surface area contributed by atoms with Crippen LogP contribution in [-0.2, 0) is 11.3 Å². The lowest BCUT2D eigenvalue weighted by Crippen LogP contribution is -2.31. The normalized spacial score (nSPS) is 11.9. The Balaban J connectivity index is 2.14. The molecule has 0 aromatic carbocycles. The van der Waals surface area contributed by atoms with Crippen LogP contribution in [0.25, 0.3) is 10.2 Å². The highest BCUT2D eigenvalue weighted by molar-refractivity contribution is 7.16. The molecule has 0 aliphatic carbocycles. The average molecular weight is 314 g/mol. The van der Waals surface area contributed by atoms with Gasteiger partial charge in [-0.1, -0.05) is 25.4 Å². The van der Waals surface area contributed by atoms with Gasteiger partial charge in [0, 0.05) is 25.6 Å². The molecular formula is C14H20ClN3OS. The summed E-state index contributed by atoms with van der Waals surface area (Å²) in [7, 11) is 1.72. The van der Waals surface area contributed by atoms with Crippen LogP contribution in [0.1, 0.15) is 19.7 Å². The summed E-state index contributed by atoms with van der Waals surface area (Å²) < 4.78 is 5.17. The van der Waals surface area contributed by atoms with Crippen molar-refractivity contribution in [3.8, 4) is 0 Å². The number of hydrogen-bond acceptors (Lipinski definition) is 5. The van der Waals surface area contributed by atoms with E-state index in [9.17, 15) is 0 Å². The molecule has 0 bridgehead atoms. The molecule has 0 radical (unpaired) electrons. The quantitative estimate of drug-likeness (QED) is 0.734. The molecule has 0 unspecified atom stereocenters. The Morgan fingerprint density at radius 2 is 2.20 bits per heavy atom. The maximum Gasteiger partial charge on any atom is 0.145 e. The fourth-order valence-corrected chi connectivity index (χ4v) is 3.19. The van der Waals surface area contributed by atoms with Crippen LogP contribution in [0, 0.1) is 5.92 Å². The van der Waals surface area contributed by atoms with E-state index in [1.165, 1.54) is 0 Å². The molecule has 2 aromatic rings. The first-order chi connectivity index (χ1) is 9.60. The molecule has 6 heteroatoms. The summed E-state index contributed by atoms with van der Waals surface area (Å²) in [6.45, 7) is 7.69. The van der Waals surface area contributed by atoms with E-state index >= 15 is 0 Å². The Morgan fingerprint density at radius 3 is 2.90 bits per heavy atom. The summed E-state index contributed by atoms with van der Waals surface area (Å²) in [5.41, 5.74) is 0. The van der Waals surface area contributed by atoms with Gasteiger partial charge >= 0.3 is 0 Å². The summed E-state index contributed by atoms with van der Waals surface area (Å²) in [5, 5.41) is 3.47. The third-order valence-electron chi connectivity index (χ3n) is 2.92. The zero-order valence-corrected chi connectivity index (χ0v) is 13.7. The lowest BCUT2D eigenvalue weighted by Gasteiger charge is -2.23. The largest absolute Gasteiger partial charge is 0.383 e. The van der Waals surface area contributed by atoms with Gasteiger partial charge in [0.1, 0.15) is 15.8 Å². The van der Waals surface area contributed by atoms with Crippen molar-refractivity contribution in [2.75, 3.05) is 26.8 Å². The van der Waals surface area contributed by atoms with Crippen molar-refractivity contribution in [2.45, 2.75) is 20.4 Å². The molecule has 0 fully saturated rings. The minimum atomic E-state index is 0.544. The molecule has 110 valence electrons. The standard InChI is InChI=1S/C14H20ClN3OS/c1-10(2)8-18(5-6-19-3)9-12-16-13(15)11-4-7-20-14(11)17-12/h4,7,10H,5-6,8-9H2,1-3H3. The molecule has 0 aliphatic rings. The molecular weight excluding hydrogens is 294 g/mol. The molecule has 0 saturated carbocycles. The van der Waals surface area contributed by atoms with E-state index in [-0.39, 0.29) is 0 Å². The third kappa shape index (κ3) is 4.12. The first kappa shape index (κ1) is 15.6. The van der Waals surface area contributed by atoms with E-state index in [2.05, 4.69) is 28.7 Å². The second kappa shape index (κ2) is 7.31. The number of halogens is 1. The van der Waals surface area contributed by atoms with Gasteiger partial charge in [0.05, 0.1) is 13.2 Å². The van der Waals surface area contributed by atoms with Crippen LogP contribution >= 0.6 is 22.9 Å². The molecule has 2 aromatic heterocycles. The maximum atomic E-state index is 6.21. The van der Waals surface area contributed by atoms with Crippen molar-refractivity contribution in [1.82, 2.24) is 14.9 Å². The van der Waals surface area contributed by atoms with Gasteiger partial charge in [0.25, 0.3) is 0 Å². The van der Waals surface area contributed by atoms with Gasteiger partial charge in [0.15, 0.2) is 0 Å². The Bertz CT molecular complexity index is 558. The molecule has 0 aliphatic heterocycles. The number of aromatic nitrogens is 2. The second-order valence-corrected chi connectivity index (χ2v) is 6.44. The summed E-state index contributed by atoms with van der Waals surface area (Å²) in [6.07, 6.45) is 0. The fraction of sp³-hybridized carbons (Fsp3) is 0.571. The van der Waals surface area contributed by atoms with Crippen LogP contribution in [0.4, 0.5) is 0 Å². The van der Waals surface area contributed by atoms with Crippen molar-refractivity contribution < 1.29 is 4.74 Å². The smallest absolute Gasteiger partial charge is 0.145 e. The number of rotatable bonds is 7. The van der Waals surface area contributed by atoms with Gasteiger partial charge in [-0.3, -0.25) is 4.90 Å². The van der Waals surface area contributed by atoms with Crippen molar-refractivity contribution >= 4 is 33.2 Å². The molecule has 0 amide bonds. The van der Waals surface area contributed by atoms with E-state index in [0.717, 1.165) is 29.1 Å². The SMILES string of the molecule is COCCN(Cc1nc(Cl)c2ccsc2n1)CC(C)C. The summed E-state index contributed by atoms with van der Waals surface area (Å²) >= 11 is 7.81. The van der Waals surface area contributed by atoms with E-state index in [4.69, 9.17) is 16.3 Å². The molecule has 0 atom stereocenters. The molecule has 2 heterocycles. The predicted molar refractivity (Wildman–Crippen MR) is 84.4 cm³/mol. The van der Waals surface area contributed by atoms with Gasteiger partial charge in [-0.2, -0.15) is 0 Å². The van der Waals surface area contributed by atoms with Gasteiger partial charge in [-0.05, 0) is 17.4 Å². The van der Waals surface area contributed by atoms with Crippen LogP contribution < -0.4 is 0 Å². The number of ether oxygens (including phenoxy) is 1. The highest BCUT2D eigenvalue weighted by Gasteiger charge is 2.12. The van der Waals surface area contributed by atoms with Crippen LogP contribution in [0.2, 0.25) is 5.15 Å². The van der Waals surface area contributed by atoms with Crippen LogP contribution in [0.15, 0.2) is 11.4 Å². The minimum Gasteiger partial charge on any atom is -0.383 e. The summed E-state index contributed by atoms with van der Waals surface area (Å²) in [4.78, 5) is 12.3. The highest BCUT2D eigenvalue weighted by Crippen LogP contribution is 2.25. The van der Waals surface area contributed by atoms with E-state index < -0.39 is 0 Å². The molecule has 20 heavy (non-hydrogen) atoms. The van der Waals surface area contributed by atoms with E-state index in [1.807, 2.05) is 11.4 Å². The Hall–Kier alpha value is -0.750. The van der Waals surface area contributed by atoms with E-state index in [1.54, 1.807) is 18.4 Å². The van der Waals surface area contributed by atoms with Crippen molar-refractivity contribution in [1.29, 1.82) is 0 Å². The number of fused-ring (bicyclic) bond motifs is 1. The van der Waals surface area contributed by atoms with Gasteiger partial charge in [-0.15, -0.1) is 11.3 Å². The molecule has 0 N–H and O–H groups in total. The van der Waals surface area contributed by atoms with E-state index in [0.29, 0.717) is 24.2 Å². The average Bonchev–Trinajstić information content (AvgIpc) is 2.84. The van der Waals surface area contributed by atoms with Gasteiger partial charge in [0.2, 0.25) is 0 Å². The highest BCUT2D eigenvalue weighted by atomic mass is 35.5. The van der Waals surface area contributed by atoms with Crippen LogP contribution in [0.3, 0.4) is 0 Å². The molecule has 0 spiro atoms. The zero-order valence-electron chi connectivity index (χ0n) is 12.1. The number of thiophene rings is 1. The topological polar surface area (TPSA) is 38.2 Å². The lowest BCUT2D eigenvalue weighted by molar-refractivity contribution is 0.134. The maximum absolute atomic E-state index is 6.21. The van der Waals surface area contributed by atoms with Gasteiger partial charge < -0.3 is 4.74 Å². The van der Waals surface area contributed by atoms with Gasteiger partial charge in [-0.25, -0.2) is 9.97 Å². The zero-order chi connectivity index (χ0) is 14.5. The Morgan fingerprint density at radius 1 is 1.40 bits per heavy atom. The Kier molecular flexibility index (Phi) is 5.72. The number of methoxy groups -OCH3 is 1. The second-order valence-electron chi connectivity index (χ2n) is 5.19. The van der Waals surface area contributed by atoms with Crippen molar-refractivity contribution in [3.05, 3.63) is 22.4 Å². The monoisotopic (exact) mass is 313 g/mol. The molecule has 4 nitrogen and oxygen atoms in total. The van der Waals surface area contributed by atoms with Crippen LogP contribution in [-0.4, -0.2) is 41.7 Å². The first-order valence-corrected chi connectivity index (χ1v) is 7.96.